The van der Waals surface area contributed by atoms with Crippen LogP contribution in [0, 0.1) is 5.92 Å². The largest absolute Gasteiger partial charge is 0.342 e. The molecule has 1 aromatic carbocycles. The molecular weight excluding hydrogens is 320 g/mol. The molecule has 2 amide bonds. The van der Waals surface area contributed by atoms with E-state index in [0.29, 0.717) is 13.0 Å². The van der Waals surface area contributed by atoms with Crippen molar-refractivity contribution in [1.82, 2.24) is 4.90 Å². The van der Waals surface area contributed by atoms with Gasteiger partial charge in [0.05, 0.1) is 11.3 Å². The zero-order valence-corrected chi connectivity index (χ0v) is 12.7. The number of carbonyl (C=O) groups excluding carboxylic acids is 2. The molecule has 0 saturated heterocycles. The van der Waals surface area contributed by atoms with E-state index in [4.69, 9.17) is 0 Å². The van der Waals surface area contributed by atoms with Crippen molar-refractivity contribution in [2.45, 2.75) is 11.8 Å². The summed E-state index contributed by atoms with van der Waals surface area (Å²) in [6.45, 7) is 4.13. The summed E-state index contributed by atoms with van der Waals surface area (Å²) in [5, 5.41) is 2.88. The third-order valence-electron chi connectivity index (χ3n) is 4.15. The number of halogens is 1. The lowest BCUT2D eigenvalue weighted by Gasteiger charge is -2.16. The summed E-state index contributed by atoms with van der Waals surface area (Å²) in [6, 6.07) is 5.70. The number of nitrogens with one attached hydrogen (secondary N) is 1. The lowest BCUT2D eigenvalue weighted by molar-refractivity contribution is -0.132. The van der Waals surface area contributed by atoms with Crippen molar-refractivity contribution in [3.63, 3.8) is 0 Å². The lowest BCUT2D eigenvalue weighted by atomic mass is 9.94. The van der Waals surface area contributed by atoms with Gasteiger partial charge in [-0.05, 0) is 30.2 Å². The van der Waals surface area contributed by atoms with Crippen LogP contribution in [0.2, 0.25) is 0 Å². The molecule has 1 spiro atoms. The van der Waals surface area contributed by atoms with Crippen LogP contribution in [-0.2, 0) is 15.0 Å². The summed E-state index contributed by atoms with van der Waals surface area (Å²) < 4.78 is 0.921. The summed E-state index contributed by atoms with van der Waals surface area (Å²) in [6.07, 6.45) is 2.27. The Morgan fingerprint density at radius 1 is 1.65 bits per heavy atom. The predicted octanol–water partition coefficient (Wildman–Crippen LogP) is 2.30. The molecule has 5 heteroatoms. The van der Waals surface area contributed by atoms with Crippen LogP contribution in [0.3, 0.4) is 0 Å². The Balaban J connectivity index is 1.93. The van der Waals surface area contributed by atoms with E-state index in [0.717, 1.165) is 15.7 Å². The Morgan fingerprint density at radius 2 is 2.40 bits per heavy atom. The molecule has 1 saturated carbocycles. The van der Waals surface area contributed by atoms with Crippen molar-refractivity contribution in [3.05, 3.63) is 40.9 Å². The van der Waals surface area contributed by atoms with Crippen molar-refractivity contribution in [2.75, 3.05) is 18.9 Å². The first kappa shape index (κ1) is 13.4. The molecule has 0 aromatic heterocycles. The standard InChI is InChI=1S/C15H15BrN2O2/c1-3-6-18(2)13(19)11-8-15(11)10-7-9(16)4-5-12(10)17-14(15)20/h3-5,7,11H,1,6,8H2,2H3,(H,17,20). The average molecular weight is 335 g/mol. The van der Waals surface area contributed by atoms with E-state index in [2.05, 4.69) is 27.8 Å². The van der Waals surface area contributed by atoms with Crippen molar-refractivity contribution < 1.29 is 9.59 Å². The van der Waals surface area contributed by atoms with E-state index < -0.39 is 5.41 Å². The smallest absolute Gasteiger partial charge is 0.235 e. The van der Waals surface area contributed by atoms with Crippen LogP contribution in [0.15, 0.2) is 35.3 Å². The molecule has 1 aliphatic heterocycles. The van der Waals surface area contributed by atoms with Gasteiger partial charge in [-0.25, -0.2) is 0 Å². The fourth-order valence-electron chi connectivity index (χ4n) is 3.01. The third-order valence-corrected chi connectivity index (χ3v) is 4.65. The molecule has 0 bridgehead atoms. The number of carbonyl (C=O) groups is 2. The van der Waals surface area contributed by atoms with Gasteiger partial charge in [0.1, 0.15) is 0 Å². The molecule has 1 aliphatic carbocycles. The highest BCUT2D eigenvalue weighted by Gasteiger charge is 2.68. The molecule has 4 nitrogen and oxygen atoms in total. The Hall–Kier alpha value is -1.62. The van der Waals surface area contributed by atoms with Crippen LogP contribution in [-0.4, -0.2) is 30.3 Å². The maximum atomic E-state index is 12.4. The second-order valence-corrected chi connectivity index (χ2v) is 6.30. The second kappa shape index (κ2) is 4.45. The summed E-state index contributed by atoms with van der Waals surface area (Å²) in [7, 11) is 1.74. The highest BCUT2D eigenvalue weighted by atomic mass is 79.9. The SMILES string of the molecule is C=CCN(C)C(=O)C1CC12C(=O)Nc1ccc(Br)cc12. The van der Waals surface area contributed by atoms with E-state index >= 15 is 0 Å². The zero-order valence-electron chi connectivity index (χ0n) is 11.1. The molecule has 2 atom stereocenters. The van der Waals surface area contributed by atoms with Gasteiger partial charge in [0, 0.05) is 23.8 Å². The van der Waals surface area contributed by atoms with E-state index in [1.54, 1.807) is 18.0 Å². The maximum Gasteiger partial charge on any atom is 0.235 e. The van der Waals surface area contributed by atoms with Crippen LogP contribution in [0.1, 0.15) is 12.0 Å². The number of hydrogen-bond donors (Lipinski definition) is 1. The molecule has 1 N–H and O–H groups in total. The van der Waals surface area contributed by atoms with Crippen LogP contribution < -0.4 is 5.32 Å². The summed E-state index contributed by atoms with van der Waals surface area (Å²) >= 11 is 3.43. The Bertz CT molecular complexity index is 628. The molecule has 2 unspecified atom stereocenters. The fraction of sp³-hybridized carbons (Fsp3) is 0.333. The van der Waals surface area contributed by atoms with Crippen molar-refractivity contribution in [1.29, 1.82) is 0 Å². The van der Waals surface area contributed by atoms with Gasteiger partial charge in [0.2, 0.25) is 11.8 Å². The average Bonchev–Trinajstić information content (AvgIpc) is 3.10. The molecule has 1 fully saturated rings. The molecule has 1 heterocycles. The number of benzene rings is 1. The number of anilines is 1. The maximum absolute atomic E-state index is 12.4. The number of nitrogens with zero attached hydrogens (tertiary/aromatic N) is 1. The minimum atomic E-state index is -0.661. The normalized spacial score (nSPS) is 26.1. The van der Waals surface area contributed by atoms with E-state index in [1.165, 1.54) is 0 Å². The molecule has 2 aliphatic rings. The summed E-state index contributed by atoms with van der Waals surface area (Å²) in [5.41, 5.74) is 1.09. The molecule has 0 radical (unpaired) electrons. The topological polar surface area (TPSA) is 49.4 Å². The third kappa shape index (κ3) is 1.73. The Kier molecular flexibility index (Phi) is 2.97. The van der Waals surface area contributed by atoms with E-state index in [1.807, 2.05) is 18.2 Å². The minimum absolute atomic E-state index is 0.00729. The first-order valence-electron chi connectivity index (χ1n) is 6.48. The van der Waals surface area contributed by atoms with Crippen LogP contribution in [0.25, 0.3) is 0 Å². The Labute approximate surface area is 126 Å². The quantitative estimate of drug-likeness (QED) is 0.862. The zero-order chi connectivity index (χ0) is 14.5. The Morgan fingerprint density at radius 3 is 3.10 bits per heavy atom. The van der Waals surface area contributed by atoms with Gasteiger partial charge in [0.25, 0.3) is 0 Å². The monoisotopic (exact) mass is 334 g/mol. The highest BCUT2D eigenvalue weighted by molar-refractivity contribution is 9.10. The van der Waals surface area contributed by atoms with Crippen molar-refractivity contribution in [3.8, 4) is 0 Å². The van der Waals surface area contributed by atoms with E-state index in [-0.39, 0.29) is 17.7 Å². The number of likely N-dealkylation sites (N-methyl/N-ethyl adjacent to an activating group) is 1. The number of hydrogen-bond acceptors (Lipinski definition) is 2. The molecule has 3 rings (SSSR count). The van der Waals surface area contributed by atoms with Gasteiger partial charge >= 0.3 is 0 Å². The summed E-state index contributed by atoms with van der Waals surface area (Å²) in [4.78, 5) is 26.3. The first-order valence-corrected chi connectivity index (χ1v) is 7.27. The predicted molar refractivity (Wildman–Crippen MR) is 80.4 cm³/mol. The van der Waals surface area contributed by atoms with Gasteiger partial charge < -0.3 is 10.2 Å². The van der Waals surface area contributed by atoms with Crippen molar-refractivity contribution in [2.24, 2.45) is 5.92 Å². The second-order valence-electron chi connectivity index (χ2n) is 5.38. The minimum Gasteiger partial charge on any atom is -0.342 e. The van der Waals surface area contributed by atoms with Gasteiger partial charge in [-0.15, -0.1) is 6.58 Å². The van der Waals surface area contributed by atoms with Crippen LogP contribution >= 0.6 is 15.9 Å². The van der Waals surface area contributed by atoms with Crippen LogP contribution in [0.4, 0.5) is 5.69 Å². The van der Waals surface area contributed by atoms with E-state index in [9.17, 15) is 9.59 Å². The van der Waals surface area contributed by atoms with Gasteiger partial charge in [-0.2, -0.15) is 0 Å². The summed E-state index contributed by atoms with van der Waals surface area (Å²) in [5.74, 6) is -0.313. The first-order chi connectivity index (χ1) is 9.50. The molecular formula is C15H15BrN2O2. The number of fused-ring (bicyclic) bond motifs is 2. The number of amides is 2. The number of rotatable bonds is 3. The molecule has 104 valence electrons. The van der Waals surface area contributed by atoms with Gasteiger partial charge in [-0.1, -0.05) is 22.0 Å². The van der Waals surface area contributed by atoms with Gasteiger partial charge in [-0.3, -0.25) is 9.59 Å². The van der Waals surface area contributed by atoms with Crippen molar-refractivity contribution >= 4 is 33.4 Å². The lowest BCUT2D eigenvalue weighted by Crippen LogP contribution is -2.33. The molecule has 20 heavy (non-hydrogen) atoms. The highest BCUT2D eigenvalue weighted by Crippen LogP contribution is 2.60. The molecule has 1 aromatic rings. The van der Waals surface area contributed by atoms with Crippen LogP contribution in [0.5, 0.6) is 0 Å². The van der Waals surface area contributed by atoms with Gasteiger partial charge in [0.15, 0.2) is 0 Å². The fourth-order valence-corrected chi connectivity index (χ4v) is 3.37.